The third-order valence-corrected chi connectivity index (χ3v) is 13.9. The maximum Gasteiger partial charge on any atom is 0.0754 e. The number of hydrogen-bond acceptors (Lipinski definition) is 2. The normalized spacial score (nSPS) is 15.0. The standard InChI is InChI=1S/C55H34N2S/c1-2-13-37(14-3-1)56(39-30-32-53-45(34-39)42-17-6-11-24-52(42)58-53)38-28-25-35(26-29-38)36-27-31-47-44(33-36)40-15-4-7-19-46(40)55(47)48-20-8-10-23-51(48)57-50-22-9-5-16-41(50)43-18-12-21-49(55)54(43)57/h1-34H. The molecule has 1 atom stereocenters. The van der Waals surface area contributed by atoms with Gasteiger partial charge >= 0.3 is 0 Å². The van der Waals surface area contributed by atoms with Crippen LogP contribution in [0, 0.1) is 0 Å². The van der Waals surface area contributed by atoms with Crippen molar-refractivity contribution in [2.45, 2.75) is 5.41 Å². The van der Waals surface area contributed by atoms with Gasteiger partial charge in [0.05, 0.1) is 22.1 Å². The van der Waals surface area contributed by atoms with Crippen molar-refractivity contribution in [3.8, 4) is 27.9 Å². The molecule has 1 aliphatic heterocycles. The highest BCUT2D eigenvalue weighted by Gasteiger charge is 2.50. The Bertz CT molecular complexity index is 3460. The Balaban J connectivity index is 0.970. The van der Waals surface area contributed by atoms with Gasteiger partial charge in [-0.25, -0.2) is 0 Å². The lowest BCUT2D eigenvalue weighted by atomic mass is 9.65. The van der Waals surface area contributed by atoms with Crippen LogP contribution >= 0.6 is 11.3 Å². The molecular weight excluding hydrogens is 721 g/mol. The second-order valence-electron chi connectivity index (χ2n) is 15.6. The molecule has 58 heavy (non-hydrogen) atoms. The predicted octanol–water partition coefficient (Wildman–Crippen LogP) is 15.0. The van der Waals surface area contributed by atoms with Gasteiger partial charge in [-0.2, -0.15) is 0 Å². The zero-order chi connectivity index (χ0) is 38.0. The van der Waals surface area contributed by atoms with Crippen molar-refractivity contribution >= 4 is 70.4 Å². The van der Waals surface area contributed by atoms with Gasteiger partial charge in [0.25, 0.3) is 0 Å². The van der Waals surface area contributed by atoms with Crippen LogP contribution in [-0.2, 0) is 5.41 Å². The Morgan fingerprint density at radius 2 is 1.02 bits per heavy atom. The van der Waals surface area contributed by atoms with E-state index in [9.17, 15) is 0 Å². The van der Waals surface area contributed by atoms with Crippen LogP contribution in [0.25, 0.3) is 69.9 Å². The summed E-state index contributed by atoms with van der Waals surface area (Å²) in [5.41, 5.74) is 17.2. The summed E-state index contributed by atoms with van der Waals surface area (Å²) in [6.45, 7) is 0. The van der Waals surface area contributed by atoms with Gasteiger partial charge in [0.1, 0.15) is 0 Å². The SMILES string of the molecule is c1ccc(N(c2ccc(-c3ccc4c(c3)-c3ccccc3C43c4ccccc4-n4c5ccccc5c5cccc3c54)cc2)c2ccc3sc4ccccc4c3c2)cc1. The summed E-state index contributed by atoms with van der Waals surface area (Å²) in [5, 5.41) is 5.20. The van der Waals surface area contributed by atoms with Gasteiger partial charge in [0.2, 0.25) is 0 Å². The molecule has 9 aromatic carbocycles. The van der Waals surface area contributed by atoms with Crippen LogP contribution < -0.4 is 4.90 Å². The predicted molar refractivity (Wildman–Crippen MR) is 245 cm³/mol. The first-order chi connectivity index (χ1) is 28.8. The number of nitrogens with zero attached hydrogens (tertiary/aromatic N) is 2. The molecule has 0 N–H and O–H groups in total. The van der Waals surface area contributed by atoms with Crippen molar-refractivity contribution < 1.29 is 0 Å². The summed E-state index contributed by atoms with van der Waals surface area (Å²) < 4.78 is 5.14. The molecule has 11 aromatic rings. The van der Waals surface area contributed by atoms with Gasteiger partial charge in [0, 0.05) is 48.0 Å². The van der Waals surface area contributed by atoms with Crippen molar-refractivity contribution in [2.24, 2.45) is 0 Å². The van der Waals surface area contributed by atoms with Gasteiger partial charge < -0.3 is 9.47 Å². The van der Waals surface area contributed by atoms with Crippen molar-refractivity contribution in [1.29, 1.82) is 0 Å². The highest BCUT2D eigenvalue weighted by molar-refractivity contribution is 7.25. The fraction of sp³-hybridized carbons (Fsp3) is 0.0182. The number of anilines is 3. The Hall–Kier alpha value is -7.20. The fourth-order valence-electron chi connectivity index (χ4n) is 10.4. The first kappa shape index (κ1) is 31.9. The third-order valence-electron chi connectivity index (χ3n) is 12.8. The van der Waals surface area contributed by atoms with Crippen LogP contribution in [0.1, 0.15) is 22.3 Å². The minimum absolute atomic E-state index is 0.445. The minimum atomic E-state index is -0.445. The first-order valence-corrected chi connectivity index (χ1v) is 20.8. The van der Waals surface area contributed by atoms with Crippen LogP contribution in [0.15, 0.2) is 206 Å². The van der Waals surface area contributed by atoms with E-state index in [1.165, 1.54) is 92.2 Å². The van der Waals surface area contributed by atoms with Gasteiger partial charge in [-0.05, 0) is 111 Å². The smallest absolute Gasteiger partial charge is 0.0754 e. The summed E-state index contributed by atoms with van der Waals surface area (Å²) in [6, 6.07) is 76.7. The van der Waals surface area contributed by atoms with E-state index in [4.69, 9.17) is 0 Å². The molecule has 1 aliphatic carbocycles. The molecule has 0 radical (unpaired) electrons. The zero-order valence-electron chi connectivity index (χ0n) is 31.4. The van der Waals surface area contributed by atoms with Crippen LogP contribution in [0.3, 0.4) is 0 Å². The number of thiophene rings is 1. The van der Waals surface area contributed by atoms with Crippen molar-refractivity contribution in [3.05, 3.63) is 229 Å². The van der Waals surface area contributed by atoms with Gasteiger partial charge in [0.15, 0.2) is 0 Å². The molecule has 2 nitrogen and oxygen atoms in total. The average Bonchev–Trinajstić information content (AvgIpc) is 3.93. The van der Waals surface area contributed by atoms with Crippen molar-refractivity contribution in [1.82, 2.24) is 4.57 Å². The number of para-hydroxylation sites is 4. The summed E-state index contributed by atoms with van der Waals surface area (Å²) in [5.74, 6) is 0. The zero-order valence-corrected chi connectivity index (χ0v) is 32.2. The number of rotatable bonds is 4. The van der Waals surface area contributed by atoms with E-state index in [1.807, 2.05) is 11.3 Å². The van der Waals surface area contributed by atoms with E-state index in [2.05, 4.69) is 216 Å². The lowest BCUT2D eigenvalue weighted by molar-refractivity contribution is 0.748. The van der Waals surface area contributed by atoms with Crippen LogP contribution in [-0.4, -0.2) is 4.57 Å². The molecule has 0 bridgehead atoms. The van der Waals surface area contributed by atoms with E-state index in [1.54, 1.807) is 0 Å². The number of hydrogen-bond donors (Lipinski definition) is 0. The summed E-state index contributed by atoms with van der Waals surface area (Å²) in [4.78, 5) is 2.37. The van der Waals surface area contributed by atoms with Crippen molar-refractivity contribution in [3.63, 3.8) is 0 Å². The quantitative estimate of drug-likeness (QED) is 0.174. The van der Waals surface area contributed by atoms with Gasteiger partial charge in [-0.1, -0.05) is 140 Å². The number of benzene rings is 9. The first-order valence-electron chi connectivity index (χ1n) is 20.0. The van der Waals surface area contributed by atoms with Crippen LogP contribution in [0.4, 0.5) is 17.1 Å². The summed E-state index contributed by atoms with van der Waals surface area (Å²) >= 11 is 1.86. The minimum Gasteiger partial charge on any atom is -0.310 e. The van der Waals surface area contributed by atoms with Crippen molar-refractivity contribution in [2.75, 3.05) is 4.90 Å². The molecule has 0 fully saturated rings. The second-order valence-corrected chi connectivity index (χ2v) is 16.7. The molecule has 270 valence electrons. The second kappa shape index (κ2) is 11.9. The van der Waals surface area contributed by atoms with Crippen LogP contribution in [0.2, 0.25) is 0 Å². The van der Waals surface area contributed by atoms with Gasteiger partial charge in [-0.3, -0.25) is 0 Å². The van der Waals surface area contributed by atoms with Crippen LogP contribution in [0.5, 0.6) is 0 Å². The maximum atomic E-state index is 2.51. The topological polar surface area (TPSA) is 8.17 Å². The van der Waals surface area contributed by atoms with E-state index in [0.29, 0.717) is 0 Å². The van der Waals surface area contributed by atoms with E-state index in [-0.39, 0.29) is 0 Å². The Morgan fingerprint density at radius 1 is 0.379 bits per heavy atom. The molecule has 0 saturated heterocycles. The molecule has 0 saturated carbocycles. The van der Waals surface area contributed by atoms with E-state index < -0.39 is 5.41 Å². The molecule has 2 aromatic heterocycles. The summed E-state index contributed by atoms with van der Waals surface area (Å²) in [7, 11) is 0. The largest absolute Gasteiger partial charge is 0.310 e. The fourth-order valence-corrected chi connectivity index (χ4v) is 11.5. The molecule has 0 amide bonds. The monoisotopic (exact) mass is 754 g/mol. The maximum absolute atomic E-state index is 2.51. The lowest BCUT2D eigenvalue weighted by Gasteiger charge is -2.39. The Labute approximate surface area is 340 Å². The molecule has 3 heteroatoms. The summed E-state index contributed by atoms with van der Waals surface area (Å²) in [6.07, 6.45) is 0. The third kappa shape index (κ3) is 4.21. The van der Waals surface area contributed by atoms with E-state index in [0.717, 1.165) is 17.1 Å². The molecule has 1 spiro atoms. The molecular formula is C55H34N2S. The van der Waals surface area contributed by atoms with Gasteiger partial charge in [-0.15, -0.1) is 11.3 Å². The Morgan fingerprint density at radius 3 is 1.91 bits per heavy atom. The molecule has 1 unspecified atom stereocenters. The Kier molecular flexibility index (Phi) is 6.56. The lowest BCUT2D eigenvalue weighted by Crippen LogP contribution is -2.33. The molecule has 3 heterocycles. The average molecular weight is 755 g/mol. The molecule has 2 aliphatic rings. The number of fused-ring (bicyclic) bond motifs is 15. The highest BCUT2D eigenvalue weighted by atomic mass is 32.1. The molecule has 13 rings (SSSR count). The number of aromatic nitrogens is 1. The highest BCUT2D eigenvalue weighted by Crippen LogP contribution is 2.61. The van der Waals surface area contributed by atoms with E-state index >= 15 is 0 Å².